The Kier molecular flexibility index (Phi) is 7.98. The predicted molar refractivity (Wildman–Crippen MR) is 143 cm³/mol. The largest absolute Gasteiger partial charge is 0.507 e. The summed E-state index contributed by atoms with van der Waals surface area (Å²) in [7, 11) is 0. The summed E-state index contributed by atoms with van der Waals surface area (Å²) >= 11 is 0. The van der Waals surface area contributed by atoms with E-state index in [1.165, 1.54) is 6.21 Å². The molecule has 36 heavy (non-hydrogen) atoms. The molecule has 0 spiro atoms. The van der Waals surface area contributed by atoms with E-state index < -0.39 is 5.91 Å². The molecule has 0 bridgehead atoms. The lowest BCUT2D eigenvalue weighted by molar-refractivity contribution is 0.0952. The van der Waals surface area contributed by atoms with E-state index in [4.69, 9.17) is 9.47 Å². The molecule has 0 aromatic heterocycles. The van der Waals surface area contributed by atoms with Crippen LogP contribution < -0.4 is 14.9 Å². The van der Waals surface area contributed by atoms with Gasteiger partial charge in [-0.15, -0.1) is 6.58 Å². The Balaban J connectivity index is 1.54. The van der Waals surface area contributed by atoms with E-state index in [2.05, 4.69) is 17.1 Å². The molecule has 1 amide bonds. The number of benzene rings is 4. The van der Waals surface area contributed by atoms with Gasteiger partial charge in [0.1, 0.15) is 12.4 Å². The van der Waals surface area contributed by atoms with Crippen molar-refractivity contribution >= 4 is 22.9 Å². The Hall–Kier alpha value is -4.58. The number of carbonyl (C=O) groups excluding carboxylic acids is 1. The molecular weight excluding hydrogens is 452 g/mol. The summed E-state index contributed by atoms with van der Waals surface area (Å²) in [5.74, 6) is 0.637. The minimum Gasteiger partial charge on any atom is -0.507 e. The van der Waals surface area contributed by atoms with Crippen LogP contribution in [-0.2, 0) is 13.0 Å². The van der Waals surface area contributed by atoms with Crippen molar-refractivity contribution in [3.63, 3.8) is 0 Å². The maximum absolute atomic E-state index is 12.7. The SMILES string of the molecule is C=CCc1cc(C=NNC(=O)c2cc3ccccc3cc2O)cc(OCC)c1OCc1ccccc1. The third-order valence-electron chi connectivity index (χ3n) is 5.53. The number of nitrogens with zero attached hydrogens (tertiary/aromatic N) is 1. The molecule has 4 aromatic rings. The van der Waals surface area contributed by atoms with Crippen LogP contribution >= 0.6 is 0 Å². The molecule has 0 radical (unpaired) electrons. The first-order valence-electron chi connectivity index (χ1n) is 11.7. The van der Waals surface area contributed by atoms with Crippen LogP contribution in [0.4, 0.5) is 0 Å². The molecule has 4 aromatic carbocycles. The smallest absolute Gasteiger partial charge is 0.275 e. The number of rotatable bonds is 10. The summed E-state index contributed by atoms with van der Waals surface area (Å²) in [4.78, 5) is 12.7. The fourth-order valence-corrected chi connectivity index (χ4v) is 3.86. The van der Waals surface area contributed by atoms with Gasteiger partial charge in [-0.2, -0.15) is 5.10 Å². The van der Waals surface area contributed by atoms with Crippen LogP contribution in [0.25, 0.3) is 10.8 Å². The van der Waals surface area contributed by atoms with Gasteiger partial charge >= 0.3 is 0 Å². The van der Waals surface area contributed by atoms with E-state index in [0.717, 1.165) is 27.5 Å². The van der Waals surface area contributed by atoms with Crippen molar-refractivity contribution in [1.82, 2.24) is 5.43 Å². The highest BCUT2D eigenvalue weighted by Crippen LogP contribution is 2.34. The molecule has 6 nitrogen and oxygen atoms in total. The summed E-state index contributed by atoms with van der Waals surface area (Å²) in [5.41, 5.74) is 5.32. The van der Waals surface area contributed by atoms with Crippen LogP contribution in [0.2, 0.25) is 0 Å². The van der Waals surface area contributed by atoms with E-state index in [9.17, 15) is 9.90 Å². The lowest BCUT2D eigenvalue weighted by Gasteiger charge is -2.16. The van der Waals surface area contributed by atoms with Gasteiger partial charge in [0.25, 0.3) is 5.91 Å². The number of phenolic OH excluding ortho intramolecular Hbond substituents is 1. The lowest BCUT2D eigenvalue weighted by Crippen LogP contribution is -2.17. The fourth-order valence-electron chi connectivity index (χ4n) is 3.86. The predicted octanol–water partition coefficient (Wildman–Crippen LogP) is 6.02. The van der Waals surface area contributed by atoms with Gasteiger partial charge in [-0.05, 0) is 59.5 Å². The second kappa shape index (κ2) is 11.7. The average Bonchev–Trinajstić information content (AvgIpc) is 2.88. The van der Waals surface area contributed by atoms with Gasteiger partial charge < -0.3 is 14.6 Å². The Labute approximate surface area is 210 Å². The van der Waals surface area contributed by atoms with Crippen LogP contribution in [0.5, 0.6) is 17.2 Å². The van der Waals surface area contributed by atoms with E-state index in [-0.39, 0.29) is 11.3 Å². The Bertz CT molecular complexity index is 1400. The number of hydrogen-bond donors (Lipinski definition) is 2. The van der Waals surface area contributed by atoms with Gasteiger partial charge in [-0.3, -0.25) is 4.79 Å². The van der Waals surface area contributed by atoms with Crippen molar-refractivity contribution in [2.45, 2.75) is 20.0 Å². The molecule has 0 fully saturated rings. The van der Waals surface area contributed by atoms with Gasteiger partial charge in [-0.1, -0.05) is 60.7 Å². The highest BCUT2D eigenvalue weighted by atomic mass is 16.5. The van der Waals surface area contributed by atoms with Gasteiger partial charge in [0.05, 0.1) is 18.4 Å². The number of allylic oxidation sites excluding steroid dienone is 1. The molecule has 6 heteroatoms. The number of amides is 1. The lowest BCUT2D eigenvalue weighted by atomic mass is 10.1. The first-order chi connectivity index (χ1) is 17.6. The normalized spacial score (nSPS) is 10.9. The topological polar surface area (TPSA) is 80.2 Å². The van der Waals surface area contributed by atoms with Gasteiger partial charge in [0, 0.05) is 5.56 Å². The van der Waals surface area contributed by atoms with Crippen molar-refractivity contribution in [2.75, 3.05) is 6.61 Å². The number of aromatic hydroxyl groups is 1. The minimum atomic E-state index is -0.506. The molecule has 0 saturated heterocycles. The third-order valence-corrected chi connectivity index (χ3v) is 5.53. The van der Waals surface area contributed by atoms with Crippen molar-refractivity contribution in [3.8, 4) is 17.2 Å². The molecular formula is C30H28N2O4. The maximum atomic E-state index is 12.7. The zero-order valence-electron chi connectivity index (χ0n) is 20.1. The Morgan fingerprint density at radius 1 is 1.00 bits per heavy atom. The molecule has 0 heterocycles. The summed E-state index contributed by atoms with van der Waals surface area (Å²) in [6.07, 6.45) is 3.90. The van der Waals surface area contributed by atoms with Crippen molar-refractivity contribution in [1.29, 1.82) is 0 Å². The number of phenols is 1. The number of ether oxygens (including phenoxy) is 2. The van der Waals surface area contributed by atoms with E-state index >= 15 is 0 Å². The molecule has 182 valence electrons. The van der Waals surface area contributed by atoms with Crippen LogP contribution in [-0.4, -0.2) is 23.8 Å². The molecule has 0 aliphatic heterocycles. The zero-order chi connectivity index (χ0) is 25.3. The molecule has 0 aliphatic carbocycles. The molecule has 0 aliphatic rings. The molecule has 0 saturated carbocycles. The standard InChI is InChI=1S/C30H28N2O4/c1-3-10-25-15-22(16-28(35-4-2)29(25)36-20-21-11-6-5-7-12-21)19-31-32-30(34)26-17-23-13-8-9-14-24(23)18-27(26)33/h3,5-9,11-19,33H,1,4,10,20H2,2H3,(H,32,34). The van der Waals surface area contributed by atoms with Crippen LogP contribution in [0.1, 0.15) is 34.0 Å². The van der Waals surface area contributed by atoms with Crippen LogP contribution in [0.3, 0.4) is 0 Å². The highest BCUT2D eigenvalue weighted by molar-refractivity contribution is 6.01. The van der Waals surface area contributed by atoms with Gasteiger partial charge in [0.15, 0.2) is 11.5 Å². The first-order valence-corrected chi connectivity index (χ1v) is 11.7. The highest BCUT2D eigenvalue weighted by Gasteiger charge is 2.14. The van der Waals surface area contributed by atoms with Crippen LogP contribution in [0.15, 0.2) is 96.6 Å². The average molecular weight is 481 g/mol. The van der Waals surface area contributed by atoms with Crippen molar-refractivity contribution < 1.29 is 19.4 Å². The number of hydrazone groups is 1. The van der Waals surface area contributed by atoms with E-state index in [0.29, 0.717) is 31.1 Å². The summed E-state index contributed by atoms with van der Waals surface area (Å²) in [6.45, 7) is 6.64. The summed E-state index contributed by atoms with van der Waals surface area (Å²) in [5, 5.41) is 16.1. The minimum absolute atomic E-state index is 0.104. The molecule has 2 N–H and O–H groups in total. The number of fused-ring (bicyclic) bond motifs is 1. The number of nitrogens with one attached hydrogen (secondary N) is 1. The van der Waals surface area contributed by atoms with Crippen LogP contribution in [0, 0.1) is 0 Å². The fraction of sp³-hybridized carbons (Fsp3) is 0.133. The quantitative estimate of drug-likeness (QED) is 0.165. The second-order valence-electron chi connectivity index (χ2n) is 8.12. The second-order valence-corrected chi connectivity index (χ2v) is 8.12. The summed E-state index contributed by atoms with van der Waals surface area (Å²) in [6, 6.07) is 24.4. The van der Waals surface area contributed by atoms with Crippen molar-refractivity contribution in [3.05, 3.63) is 114 Å². The first kappa shape index (κ1) is 24.5. The van der Waals surface area contributed by atoms with Gasteiger partial charge in [0.2, 0.25) is 0 Å². The Morgan fingerprint density at radius 2 is 1.72 bits per heavy atom. The third kappa shape index (κ3) is 5.91. The van der Waals surface area contributed by atoms with E-state index in [1.54, 1.807) is 18.2 Å². The number of hydrogen-bond acceptors (Lipinski definition) is 5. The molecule has 0 atom stereocenters. The number of carbonyl (C=O) groups is 1. The molecule has 4 rings (SSSR count). The maximum Gasteiger partial charge on any atom is 0.275 e. The summed E-state index contributed by atoms with van der Waals surface area (Å²) < 4.78 is 12.0. The zero-order valence-corrected chi connectivity index (χ0v) is 20.1. The van der Waals surface area contributed by atoms with E-state index in [1.807, 2.05) is 73.7 Å². The van der Waals surface area contributed by atoms with Gasteiger partial charge in [-0.25, -0.2) is 5.43 Å². The monoisotopic (exact) mass is 480 g/mol. The molecule has 0 unspecified atom stereocenters. The Morgan fingerprint density at radius 3 is 2.44 bits per heavy atom. The van der Waals surface area contributed by atoms with Crippen molar-refractivity contribution in [2.24, 2.45) is 5.10 Å².